The highest BCUT2D eigenvalue weighted by Gasteiger charge is 2.17. The number of amides is 1. The van der Waals surface area contributed by atoms with Crippen molar-refractivity contribution in [2.24, 2.45) is 0 Å². The number of fused-ring (bicyclic) bond motifs is 1. The van der Waals surface area contributed by atoms with Gasteiger partial charge >= 0.3 is 0 Å². The summed E-state index contributed by atoms with van der Waals surface area (Å²) in [4.78, 5) is 12.5. The molecule has 0 bridgehead atoms. The smallest absolute Gasteiger partial charge is 0.255 e. The summed E-state index contributed by atoms with van der Waals surface area (Å²) in [5.74, 6) is 0.629. The molecule has 130 valence electrons. The quantitative estimate of drug-likeness (QED) is 0.785. The van der Waals surface area contributed by atoms with Gasteiger partial charge in [0.1, 0.15) is 12.4 Å². The Kier molecular flexibility index (Phi) is 4.27. The molecule has 0 unspecified atom stereocenters. The number of nitrogens with zero attached hydrogens (tertiary/aromatic N) is 2. The van der Waals surface area contributed by atoms with Crippen LogP contribution in [0.1, 0.15) is 16.7 Å². The van der Waals surface area contributed by atoms with Gasteiger partial charge in [-0.3, -0.25) is 9.48 Å². The van der Waals surface area contributed by atoms with E-state index in [1.807, 2.05) is 36.5 Å². The van der Waals surface area contributed by atoms with Crippen LogP contribution >= 0.6 is 0 Å². The topological polar surface area (TPSA) is 56.2 Å². The zero-order chi connectivity index (χ0) is 17.9. The van der Waals surface area contributed by atoms with Gasteiger partial charge in [-0.05, 0) is 24.6 Å². The van der Waals surface area contributed by atoms with Crippen molar-refractivity contribution in [1.29, 1.82) is 0 Å². The Hall–Kier alpha value is -3.34. The Morgan fingerprint density at radius 3 is 2.85 bits per heavy atom. The Morgan fingerprint density at radius 1 is 1.19 bits per heavy atom. The Labute approximate surface area is 151 Å². The maximum atomic E-state index is 12.5. The van der Waals surface area contributed by atoms with Crippen LogP contribution in [0.4, 0.5) is 5.69 Å². The first-order valence-corrected chi connectivity index (χ1v) is 8.49. The molecule has 1 aliphatic heterocycles. The summed E-state index contributed by atoms with van der Waals surface area (Å²) in [6.45, 7) is 2.99. The van der Waals surface area contributed by atoms with Crippen molar-refractivity contribution in [3.63, 3.8) is 0 Å². The molecule has 0 spiro atoms. The zero-order valence-electron chi connectivity index (χ0n) is 14.5. The molecule has 0 fully saturated rings. The van der Waals surface area contributed by atoms with E-state index in [0.717, 1.165) is 16.9 Å². The fourth-order valence-electron chi connectivity index (χ4n) is 2.85. The summed E-state index contributed by atoms with van der Waals surface area (Å²) < 4.78 is 7.45. The maximum Gasteiger partial charge on any atom is 0.255 e. The number of nitrogens with one attached hydrogen (secondary N) is 1. The molecule has 0 saturated heterocycles. The monoisotopic (exact) mass is 345 g/mol. The van der Waals surface area contributed by atoms with Gasteiger partial charge in [-0.1, -0.05) is 48.0 Å². The first-order valence-electron chi connectivity index (χ1n) is 8.49. The molecule has 0 saturated carbocycles. The minimum Gasteiger partial charge on any atom is -0.488 e. The van der Waals surface area contributed by atoms with Gasteiger partial charge in [-0.15, -0.1) is 0 Å². The summed E-state index contributed by atoms with van der Waals surface area (Å²) in [6.07, 6.45) is 5.35. The second-order valence-corrected chi connectivity index (χ2v) is 6.36. The van der Waals surface area contributed by atoms with Crippen LogP contribution in [-0.4, -0.2) is 22.3 Å². The number of aromatic nitrogens is 2. The average molecular weight is 345 g/mol. The van der Waals surface area contributed by atoms with Crippen LogP contribution in [0.25, 0.3) is 6.08 Å². The van der Waals surface area contributed by atoms with E-state index in [9.17, 15) is 4.79 Å². The first kappa shape index (κ1) is 16.1. The molecule has 0 atom stereocenters. The Morgan fingerprint density at radius 2 is 2.00 bits per heavy atom. The van der Waals surface area contributed by atoms with E-state index in [-0.39, 0.29) is 12.5 Å². The molecule has 2 heterocycles. The van der Waals surface area contributed by atoms with Gasteiger partial charge < -0.3 is 10.1 Å². The molecule has 0 aliphatic carbocycles. The van der Waals surface area contributed by atoms with Crippen LogP contribution in [0.5, 0.6) is 5.75 Å². The number of benzene rings is 2. The second kappa shape index (κ2) is 6.88. The van der Waals surface area contributed by atoms with Gasteiger partial charge in [-0.2, -0.15) is 5.10 Å². The molecule has 1 aliphatic rings. The number of aryl methyl sites for hydroxylation is 1. The van der Waals surface area contributed by atoms with Gasteiger partial charge in [0.2, 0.25) is 0 Å². The summed E-state index contributed by atoms with van der Waals surface area (Å²) >= 11 is 0. The van der Waals surface area contributed by atoms with Crippen LogP contribution < -0.4 is 10.1 Å². The molecule has 1 N–H and O–H groups in total. The fraction of sp³-hybridized carbons (Fsp3) is 0.143. The summed E-state index contributed by atoms with van der Waals surface area (Å²) in [5, 5.41) is 7.21. The molecular formula is C21H19N3O2. The number of ether oxygens (including phenoxy) is 1. The van der Waals surface area contributed by atoms with Gasteiger partial charge in [-0.25, -0.2) is 0 Å². The average Bonchev–Trinajstić information content (AvgIpc) is 3.10. The van der Waals surface area contributed by atoms with Crippen molar-refractivity contribution >= 4 is 17.7 Å². The lowest BCUT2D eigenvalue weighted by molar-refractivity contribution is -0.113. The van der Waals surface area contributed by atoms with E-state index >= 15 is 0 Å². The SMILES string of the molecule is Cc1ccc(Cn2cc(NC(=O)C3=Cc4ccccc4OC3)cn2)cc1. The highest BCUT2D eigenvalue weighted by atomic mass is 16.5. The van der Waals surface area contributed by atoms with Crippen LogP contribution in [-0.2, 0) is 11.3 Å². The molecule has 4 rings (SSSR count). The summed E-state index contributed by atoms with van der Waals surface area (Å²) in [7, 11) is 0. The van der Waals surface area contributed by atoms with E-state index in [2.05, 4.69) is 41.6 Å². The number of hydrogen-bond acceptors (Lipinski definition) is 3. The van der Waals surface area contributed by atoms with Crippen molar-refractivity contribution < 1.29 is 9.53 Å². The maximum absolute atomic E-state index is 12.5. The fourth-order valence-corrected chi connectivity index (χ4v) is 2.85. The normalized spacial score (nSPS) is 12.7. The van der Waals surface area contributed by atoms with Gasteiger partial charge in [0.25, 0.3) is 5.91 Å². The highest BCUT2D eigenvalue weighted by molar-refractivity contribution is 6.07. The van der Waals surface area contributed by atoms with E-state index in [1.165, 1.54) is 5.56 Å². The van der Waals surface area contributed by atoms with Crippen molar-refractivity contribution in [2.75, 3.05) is 11.9 Å². The van der Waals surface area contributed by atoms with E-state index in [0.29, 0.717) is 17.8 Å². The molecule has 2 aromatic carbocycles. The van der Waals surface area contributed by atoms with Crippen LogP contribution in [0.15, 0.2) is 66.5 Å². The third-order valence-corrected chi connectivity index (χ3v) is 4.28. The second-order valence-electron chi connectivity index (χ2n) is 6.36. The lowest BCUT2D eigenvalue weighted by atomic mass is 10.1. The van der Waals surface area contributed by atoms with E-state index in [1.54, 1.807) is 10.9 Å². The molecule has 26 heavy (non-hydrogen) atoms. The van der Waals surface area contributed by atoms with Crippen molar-refractivity contribution in [2.45, 2.75) is 13.5 Å². The third kappa shape index (κ3) is 3.52. The minimum atomic E-state index is -0.172. The molecule has 0 radical (unpaired) electrons. The number of carbonyl (C=O) groups is 1. The van der Waals surface area contributed by atoms with Gasteiger partial charge in [0.05, 0.1) is 24.0 Å². The first-order chi connectivity index (χ1) is 12.7. The largest absolute Gasteiger partial charge is 0.488 e. The van der Waals surface area contributed by atoms with Crippen LogP contribution in [0.2, 0.25) is 0 Å². The van der Waals surface area contributed by atoms with Crippen LogP contribution in [0.3, 0.4) is 0 Å². The summed E-state index contributed by atoms with van der Waals surface area (Å²) in [6, 6.07) is 16.0. The number of carbonyl (C=O) groups excluding carboxylic acids is 1. The third-order valence-electron chi connectivity index (χ3n) is 4.28. The molecule has 5 heteroatoms. The van der Waals surface area contributed by atoms with E-state index in [4.69, 9.17) is 4.74 Å². The number of anilines is 1. The molecule has 1 aromatic heterocycles. The van der Waals surface area contributed by atoms with Crippen molar-refractivity contribution in [3.8, 4) is 5.75 Å². The molecular weight excluding hydrogens is 326 g/mol. The minimum absolute atomic E-state index is 0.172. The van der Waals surface area contributed by atoms with Gasteiger partial charge in [0, 0.05) is 11.8 Å². The molecule has 5 nitrogen and oxygen atoms in total. The molecule has 3 aromatic rings. The zero-order valence-corrected chi connectivity index (χ0v) is 14.5. The lowest BCUT2D eigenvalue weighted by Gasteiger charge is -2.17. The van der Waals surface area contributed by atoms with Crippen molar-refractivity contribution in [1.82, 2.24) is 9.78 Å². The van der Waals surface area contributed by atoms with Crippen molar-refractivity contribution in [3.05, 3.63) is 83.2 Å². The molecule has 1 amide bonds. The standard InChI is InChI=1S/C21H19N3O2/c1-15-6-8-16(9-7-15)12-24-13-19(11-22-24)23-21(25)18-10-17-4-2-3-5-20(17)26-14-18/h2-11,13H,12,14H2,1H3,(H,23,25). The predicted molar refractivity (Wildman–Crippen MR) is 101 cm³/mol. The number of rotatable bonds is 4. The Bertz CT molecular complexity index is 971. The Balaban J connectivity index is 1.43. The summed E-state index contributed by atoms with van der Waals surface area (Å²) in [5.41, 5.74) is 4.57. The predicted octanol–water partition coefficient (Wildman–Crippen LogP) is 3.65. The highest BCUT2D eigenvalue weighted by Crippen LogP contribution is 2.26. The lowest BCUT2D eigenvalue weighted by Crippen LogP contribution is -2.21. The van der Waals surface area contributed by atoms with E-state index < -0.39 is 0 Å². The van der Waals surface area contributed by atoms with Gasteiger partial charge in [0.15, 0.2) is 0 Å². The number of hydrogen-bond donors (Lipinski definition) is 1. The number of para-hydroxylation sites is 1. The van der Waals surface area contributed by atoms with Crippen LogP contribution in [0, 0.1) is 6.92 Å².